The number of nitrogens with one attached hydrogen (secondary N) is 1. The summed E-state index contributed by atoms with van der Waals surface area (Å²) < 4.78 is 8.02. The molecule has 1 aromatic heterocycles. The lowest BCUT2D eigenvalue weighted by Crippen LogP contribution is -2.26. The van der Waals surface area contributed by atoms with Gasteiger partial charge >= 0.3 is 0 Å². The Morgan fingerprint density at radius 1 is 1.03 bits per heavy atom. The van der Waals surface area contributed by atoms with Crippen LogP contribution in [-0.2, 0) is 23.2 Å². The number of ketones is 1. The topological polar surface area (TPSA) is 73.2 Å². The Kier molecular flexibility index (Phi) is 4.84. The molecule has 6 heteroatoms. The number of ether oxygens (including phenoxy) is 1. The number of nitrogens with zero attached hydrogens (tertiary/aromatic N) is 2. The summed E-state index contributed by atoms with van der Waals surface area (Å²) in [6, 6.07) is 22.5. The second kappa shape index (κ2) is 7.81. The predicted octanol–water partition coefficient (Wildman–Crippen LogP) is 3.65. The third-order valence-electron chi connectivity index (χ3n) is 5.73. The minimum absolute atomic E-state index is 0.324. The van der Waals surface area contributed by atoms with Crippen molar-refractivity contribution in [3.63, 3.8) is 0 Å². The Morgan fingerprint density at radius 2 is 1.77 bits per heavy atom. The van der Waals surface area contributed by atoms with E-state index in [4.69, 9.17) is 9.84 Å². The molecule has 0 radical (unpaired) electrons. The van der Waals surface area contributed by atoms with Crippen LogP contribution in [0.1, 0.15) is 34.5 Å². The molecule has 0 aliphatic carbocycles. The van der Waals surface area contributed by atoms with E-state index in [9.17, 15) is 9.59 Å². The minimum Gasteiger partial charge on any atom is -0.488 e. The zero-order valence-electron chi connectivity index (χ0n) is 17.0. The fourth-order valence-electron chi connectivity index (χ4n) is 4.28. The summed E-state index contributed by atoms with van der Waals surface area (Å²) >= 11 is 0. The number of rotatable bonds is 6. The van der Waals surface area contributed by atoms with Gasteiger partial charge in [-0.05, 0) is 28.8 Å². The van der Waals surface area contributed by atoms with Gasteiger partial charge in [0, 0.05) is 7.05 Å². The lowest BCUT2D eigenvalue weighted by molar-refractivity contribution is -0.131. The minimum atomic E-state index is -0.673. The fraction of sp³-hybridized carbons (Fsp3) is 0.160. The number of hydrogen-bond acceptors (Lipinski definition) is 5. The highest BCUT2D eigenvalue weighted by atomic mass is 16.5. The van der Waals surface area contributed by atoms with E-state index in [0.29, 0.717) is 12.9 Å². The van der Waals surface area contributed by atoms with Crippen LogP contribution < -0.4 is 10.1 Å². The van der Waals surface area contributed by atoms with Crippen LogP contribution in [0.3, 0.4) is 0 Å². The molecule has 0 spiro atoms. The van der Waals surface area contributed by atoms with Crippen LogP contribution in [0.15, 0.2) is 72.8 Å². The number of aldehydes is 1. The Bertz CT molecular complexity index is 1280. The summed E-state index contributed by atoms with van der Waals surface area (Å²) in [5.74, 6) is 0.240. The predicted molar refractivity (Wildman–Crippen MR) is 117 cm³/mol. The largest absolute Gasteiger partial charge is 0.488 e. The average Bonchev–Trinajstić information content (AvgIpc) is 3.36. The summed E-state index contributed by atoms with van der Waals surface area (Å²) in [5.41, 5.74) is 4.54. The first-order valence-corrected chi connectivity index (χ1v) is 10.1. The number of fused-ring (bicyclic) bond motifs is 2. The molecule has 3 aromatic carbocycles. The van der Waals surface area contributed by atoms with Crippen molar-refractivity contribution >= 4 is 23.0 Å². The zero-order valence-corrected chi connectivity index (χ0v) is 17.0. The van der Waals surface area contributed by atoms with E-state index in [2.05, 4.69) is 5.32 Å². The van der Waals surface area contributed by atoms with Gasteiger partial charge in [0.1, 0.15) is 18.4 Å². The first-order valence-electron chi connectivity index (χ1n) is 10.1. The van der Waals surface area contributed by atoms with Gasteiger partial charge in [-0.25, -0.2) is 0 Å². The Labute approximate surface area is 179 Å². The maximum absolute atomic E-state index is 12.3. The molecule has 0 amide bonds. The SMILES string of the molecule is Cn1nc(C2NC(C(=O)C=O)c3ccccc32)c2c(OCc3ccccc3)cccc21. The number of aromatic nitrogens is 2. The van der Waals surface area contributed by atoms with Crippen molar-refractivity contribution in [2.75, 3.05) is 0 Å². The second-order valence-corrected chi connectivity index (χ2v) is 7.62. The number of benzene rings is 3. The summed E-state index contributed by atoms with van der Waals surface area (Å²) in [7, 11) is 1.89. The van der Waals surface area contributed by atoms with Crippen LogP contribution in [0.5, 0.6) is 5.75 Å². The van der Waals surface area contributed by atoms with Crippen molar-refractivity contribution in [3.05, 3.63) is 95.2 Å². The van der Waals surface area contributed by atoms with Crippen molar-refractivity contribution in [3.8, 4) is 5.75 Å². The lowest BCUT2D eigenvalue weighted by Gasteiger charge is -2.14. The standard InChI is InChI=1S/C25H21N3O3/c1-28-19-12-7-13-21(31-15-16-8-3-2-4-9-16)22(19)25(27-28)24-18-11-6-5-10-17(18)23(26-24)20(30)14-29/h2-14,23-24,26H,15H2,1H3. The maximum atomic E-state index is 12.3. The molecule has 0 saturated carbocycles. The highest BCUT2D eigenvalue weighted by Crippen LogP contribution is 2.41. The molecule has 5 rings (SSSR count). The van der Waals surface area contributed by atoms with Crippen LogP contribution in [0.2, 0.25) is 0 Å². The van der Waals surface area contributed by atoms with Crippen molar-refractivity contribution in [2.45, 2.75) is 18.7 Å². The van der Waals surface area contributed by atoms with E-state index in [1.807, 2.05) is 84.5 Å². The molecule has 154 valence electrons. The van der Waals surface area contributed by atoms with E-state index in [0.717, 1.165) is 39.0 Å². The molecule has 0 saturated heterocycles. The number of carbonyl (C=O) groups is 2. The molecule has 0 bridgehead atoms. The molecule has 4 aromatic rings. The molecule has 2 heterocycles. The number of hydrogen-bond donors (Lipinski definition) is 1. The summed E-state index contributed by atoms with van der Waals surface area (Å²) in [6.07, 6.45) is 0.377. The van der Waals surface area contributed by atoms with Crippen molar-refractivity contribution in [1.82, 2.24) is 15.1 Å². The van der Waals surface area contributed by atoms with E-state index in [-0.39, 0.29) is 6.04 Å². The van der Waals surface area contributed by atoms with Crippen molar-refractivity contribution < 1.29 is 14.3 Å². The molecule has 6 nitrogen and oxygen atoms in total. The van der Waals surface area contributed by atoms with Crippen LogP contribution in [0.25, 0.3) is 10.9 Å². The molecule has 2 unspecified atom stereocenters. The number of carbonyl (C=O) groups excluding carboxylic acids is 2. The molecule has 1 aliphatic rings. The monoisotopic (exact) mass is 411 g/mol. The van der Waals surface area contributed by atoms with Gasteiger partial charge in [-0.1, -0.05) is 60.7 Å². The number of Topliss-reactive ketones (excluding diaryl/α,β-unsaturated/α-hetero) is 1. The molecule has 2 atom stereocenters. The van der Waals surface area contributed by atoms with E-state index in [1.54, 1.807) is 0 Å². The van der Waals surface area contributed by atoms with Gasteiger partial charge < -0.3 is 4.74 Å². The van der Waals surface area contributed by atoms with Gasteiger partial charge in [-0.2, -0.15) is 5.10 Å². The summed E-state index contributed by atoms with van der Waals surface area (Å²) in [6.45, 7) is 0.440. The summed E-state index contributed by atoms with van der Waals surface area (Å²) in [4.78, 5) is 23.5. The van der Waals surface area contributed by atoms with Gasteiger partial charge in [0.15, 0.2) is 6.29 Å². The van der Waals surface area contributed by atoms with E-state index < -0.39 is 11.8 Å². The third kappa shape index (κ3) is 3.31. The molecule has 0 fully saturated rings. The molecular formula is C25H21N3O3. The van der Waals surface area contributed by atoms with Crippen LogP contribution >= 0.6 is 0 Å². The van der Waals surface area contributed by atoms with Crippen molar-refractivity contribution in [1.29, 1.82) is 0 Å². The lowest BCUT2D eigenvalue weighted by atomic mass is 9.97. The Balaban J connectivity index is 1.59. The fourth-order valence-corrected chi connectivity index (χ4v) is 4.28. The van der Waals surface area contributed by atoms with Crippen molar-refractivity contribution in [2.24, 2.45) is 7.05 Å². The first kappa shape index (κ1) is 19.2. The molecule has 1 aliphatic heterocycles. The molecule has 31 heavy (non-hydrogen) atoms. The average molecular weight is 411 g/mol. The quantitative estimate of drug-likeness (QED) is 0.387. The Hall–Kier alpha value is -3.77. The highest BCUT2D eigenvalue weighted by molar-refractivity contribution is 6.27. The van der Waals surface area contributed by atoms with Gasteiger partial charge in [0.25, 0.3) is 0 Å². The Morgan fingerprint density at radius 3 is 2.55 bits per heavy atom. The van der Waals surface area contributed by atoms with E-state index in [1.165, 1.54) is 0 Å². The second-order valence-electron chi connectivity index (χ2n) is 7.62. The normalized spacial score (nSPS) is 17.5. The smallest absolute Gasteiger partial charge is 0.216 e. The van der Waals surface area contributed by atoms with E-state index >= 15 is 0 Å². The highest BCUT2D eigenvalue weighted by Gasteiger charge is 2.37. The van der Waals surface area contributed by atoms with Crippen LogP contribution in [0, 0.1) is 0 Å². The molecular weight excluding hydrogens is 390 g/mol. The van der Waals surface area contributed by atoms with Gasteiger partial charge in [-0.3, -0.25) is 19.6 Å². The van der Waals surface area contributed by atoms with Gasteiger partial charge in [0.2, 0.25) is 5.78 Å². The van der Waals surface area contributed by atoms with Crippen LogP contribution in [0.4, 0.5) is 0 Å². The molecule has 1 N–H and O–H groups in total. The summed E-state index contributed by atoms with van der Waals surface area (Å²) in [5, 5.41) is 8.99. The first-order chi connectivity index (χ1) is 15.2. The van der Waals surface area contributed by atoms with Crippen LogP contribution in [-0.4, -0.2) is 21.8 Å². The maximum Gasteiger partial charge on any atom is 0.216 e. The number of aryl methyl sites for hydroxylation is 1. The zero-order chi connectivity index (χ0) is 21.4. The third-order valence-corrected chi connectivity index (χ3v) is 5.73. The van der Waals surface area contributed by atoms with Gasteiger partial charge in [0.05, 0.1) is 22.6 Å². The van der Waals surface area contributed by atoms with Gasteiger partial charge in [-0.15, -0.1) is 0 Å².